The molecule has 94 valence electrons. The van der Waals surface area contributed by atoms with Crippen LogP contribution in [-0.4, -0.2) is 26.0 Å². The molecule has 1 unspecified atom stereocenters. The van der Waals surface area contributed by atoms with Crippen LogP contribution in [0.3, 0.4) is 0 Å². The van der Waals surface area contributed by atoms with Crippen molar-refractivity contribution in [3.05, 3.63) is 0 Å². The van der Waals surface area contributed by atoms with Gasteiger partial charge in [-0.05, 0) is 31.8 Å². The van der Waals surface area contributed by atoms with Crippen LogP contribution < -0.4 is 10.6 Å². The van der Waals surface area contributed by atoms with Gasteiger partial charge in [-0.15, -0.1) is 0 Å². The molecule has 1 fully saturated rings. The maximum absolute atomic E-state index is 11.6. The third-order valence-electron chi connectivity index (χ3n) is 3.45. The van der Waals surface area contributed by atoms with E-state index in [4.69, 9.17) is 0 Å². The summed E-state index contributed by atoms with van der Waals surface area (Å²) in [5, 5.41) is 6.13. The number of rotatable bonds is 7. The van der Waals surface area contributed by atoms with Crippen LogP contribution in [0.25, 0.3) is 0 Å². The van der Waals surface area contributed by atoms with Crippen molar-refractivity contribution in [3.8, 4) is 0 Å². The maximum Gasteiger partial charge on any atom is 0.220 e. The van der Waals surface area contributed by atoms with Gasteiger partial charge in [-0.2, -0.15) is 0 Å². The van der Waals surface area contributed by atoms with E-state index in [1.54, 1.807) is 0 Å². The lowest BCUT2D eigenvalue weighted by Gasteiger charge is -2.13. The first kappa shape index (κ1) is 13.5. The van der Waals surface area contributed by atoms with Gasteiger partial charge >= 0.3 is 0 Å². The normalized spacial score (nSPS) is 18.6. The number of hydrogen-bond acceptors (Lipinski definition) is 2. The van der Waals surface area contributed by atoms with Gasteiger partial charge in [0, 0.05) is 13.0 Å². The predicted octanol–water partition coefficient (Wildman–Crippen LogP) is 1.93. The molecule has 0 radical (unpaired) electrons. The average molecular weight is 226 g/mol. The second-order valence-corrected chi connectivity index (χ2v) is 5.16. The Labute approximate surface area is 99.4 Å². The largest absolute Gasteiger partial charge is 0.356 e. The molecule has 1 amide bonds. The van der Waals surface area contributed by atoms with E-state index in [9.17, 15) is 4.79 Å². The topological polar surface area (TPSA) is 41.1 Å². The van der Waals surface area contributed by atoms with E-state index in [0.717, 1.165) is 31.8 Å². The number of carbonyl (C=O) groups excluding carboxylic acids is 1. The zero-order chi connectivity index (χ0) is 11.8. The van der Waals surface area contributed by atoms with E-state index in [2.05, 4.69) is 17.6 Å². The number of nitrogens with one attached hydrogen (secondary N) is 2. The van der Waals surface area contributed by atoms with Gasteiger partial charge in [-0.25, -0.2) is 0 Å². The van der Waals surface area contributed by atoms with E-state index in [1.807, 2.05) is 7.05 Å². The first-order chi connectivity index (χ1) is 7.72. The standard InChI is InChI=1S/C13H26N2O/c1-11(9-14-2)10-15-13(16)8-7-12-5-3-4-6-12/h11-12,14H,3-10H2,1-2H3,(H,15,16). The average Bonchev–Trinajstić information content (AvgIpc) is 2.77. The summed E-state index contributed by atoms with van der Waals surface area (Å²) in [6.07, 6.45) is 7.22. The highest BCUT2D eigenvalue weighted by atomic mass is 16.1. The SMILES string of the molecule is CNCC(C)CNC(=O)CCC1CCCC1. The Bertz CT molecular complexity index is 200. The third-order valence-corrected chi connectivity index (χ3v) is 3.45. The first-order valence-corrected chi connectivity index (χ1v) is 6.63. The molecule has 2 N–H and O–H groups in total. The molecule has 1 saturated carbocycles. The molecular formula is C13H26N2O. The Kier molecular flexibility index (Phi) is 6.46. The Morgan fingerprint density at radius 1 is 1.31 bits per heavy atom. The predicted molar refractivity (Wildman–Crippen MR) is 67.3 cm³/mol. The zero-order valence-corrected chi connectivity index (χ0v) is 10.7. The molecule has 0 heterocycles. The minimum atomic E-state index is 0.231. The third kappa shape index (κ3) is 5.50. The van der Waals surface area contributed by atoms with Crippen LogP contribution in [0, 0.1) is 11.8 Å². The second kappa shape index (κ2) is 7.66. The molecule has 16 heavy (non-hydrogen) atoms. The first-order valence-electron chi connectivity index (χ1n) is 6.63. The summed E-state index contributed by atoms with van der Waals surface area (Å²) in [4.78, 5) is 11.6. The van der Waals surface area contributed by atoms with Gasteiger partial charge in [-0.3, -0.25) is 4.79 Å². The van der Waals surface area contributed by atoms with Crippen LogP contribution in [0.5, 0.6) is 0 Å². The fourth-order valence-electron chi connectivity index (χ4n) is 2.43. The van der Waals surface area contributed by atoms with Gasteiger partial charge in [-0.1, -0.05) is 32.6 Å². The van der Waals surface area contributed by atoms with E-state index in [1.165, 1.54) is 25.7 Å². The van der Waals surface area contributed by atoms with Crippen molar-refractivity contribution in [2.75, 3.05) is 20.1 Å². The molecular weight excluding hydrogens is 200 g/mol. The monoisotopic (exact) mass is 226 g/mol. The van der Waals surface area contributed by atoms with Crippen LogP contribution in [-0.2, 0) is 4.79 Å². The van der Waals surface area contributed by atoms with Gasteiger partial charge < -0.3 is 10.6 Å². The quantitative estimate of drug-likeness (QED) is 0.696. The van der Waals surface area contributed by atoms with Gasteiger partial charge in [0.2, 0.25) is 5.91 Å². The Hall–Kier alpha value is -0.570. The number of amides is 1. The van der Waals surface area contributed by atoms with Gasteiger partial charge in [0.1, 0.15) is 0 Å². The fraction of sp³-hybridized carbons (Fsp3) is 0.923. The summed E-state index contributed by atoms with van der Waals surface area (Å²) in [5.74, 6) is 1.57. The summed E-state index contributed by atoms with van der Waals surface area (Å²) in [6.45, 7) is 3.90. The van der Waals surface area contributed by atoms with Crippen molar-refractivity contribution in [1.82, 2.24) is 10.6 Å². The lowest BCUT2D eigenvalue weighted by atomic mass is 10.0. The molecule has 0 aromatic heterocycles. The highest BCUT2D eigenvalue weighted by Crippen LogP contribution is 2.28. The zero-order valence-electron chi connectivity index (χ0n) is 10.7. The molecule has 3 nitrogen and oxygen atoms in total. The van der Waals surface area contributed by atoms with Crippen LogP contribution in [0.15, 0.2) is 0 Å². The van der Waals surface area contributed by atoms with Crippen molar-refractivity contribution < 1.29 is 4.79 Å². The van der Waals surface area contributed by atoms with Crippen LogP contribution in [0.2, 0.25) is 0 Å². The van der Waals surface area contributed by atoms with E-state index in [0.29, 0.717) is 5.92 Å². The molecule has 3 heteroatoms. The number of hydrogen-bond donors (Lipinski definition) is 2. The smallest absolute Gasteiger partial charge is 0.220 e. The van der Waals surface area contributed by atoms with Gasteiger partial charge in [0.25, 0.3) is 0 Å². The van der Waals surface area contributed by atoms with E-state index < -0.39 is 0 Å². The van der Waals surface area contributed by atoms with Crippen LogP contribution in [0.1, 0.15) is 45.4 Å². The fourth-order valence-corrected chi connectivity index (χ4v) is 2.43. The molecule has 0 bridgehead atoms. The van der Waals surface area contributed by atoms with E-state index in [-0.39, 0.29) is 5.91 Å². The summed E-state index contributed by atoms with van der Waals surface area (Å²) < 4.78 is 0. The summed E-state index contributed by atoms with van der Waals surface area (Å²) in [7, 11) is 1.94. The molecule has 0 saturated heterocycles. The van der Waals surface area contributed by atoms with Crippen molar-refractivity contribution in [1.29, 1.82) is 0 Å². The second-order valence-electron chi connectivity index (χ2n) is 5.16. The van der Waals surface area contributed by atoms with Gasteiger partial charge in [0.15, 0.2) is 0 Å². The summed E-state index contributed by atoms with van der Waals surface area (Å²) >= 11 is 0. The Balaban J connectivity index is 2.01. The van der Waals surface area contributed by atoms with Gasteiger partial charge in [0.05, 0.1) is 0 Å². The van der Waals surface area contributed by atoms with Crippen LogP contribution in [0.4, 0.5) is 0 Å². The van der Waals surface area contributed by atoms with Crippen molar-refractivity contribution >= 4 is 5.91 Å². The lowest BCUT2D eigenvalue weighted by molar-refractivity contribution is -0.121. The minimum Gasteiger partial charge on any atom is -0.356 e. The highest BCUT2D eigenvalue weighted by molar-refractivity contribution is 5.75. The molecule has 0 aromatic rings. The van der Waals surface area contributed by atoms with Crippen LogP contribution >= 0.6 is 0 Å². The van der Waals surface area contributed by atoms with Crippen molar-refractivity contribution in [3.63, 3.8) is 0 Å². The maximum atomic E-state index is 11.6. The Morgan fingerprint density at radius 3 is 2.62 bits per heavy atom. The summed E-state index contributed by atoms with van der Waals surface area (Å²) in [5.41, 5.74) is 0. The van der Waals surface area contributed by atoms with Crippen molar-refractivity contribution in [2.24, 2.45) is 11.8 Å². The molecule has 1 aliphatic rings. The van der Waals surface area contributed by atoms with Crippen molar-refractivity contribution in [2.45, 2.75) is 45.4 Å². The highest BCUT2D eigenvalue weighted by Gasteiger charge is 2.16. The molecule has 1 aliphatic carbocycles. The Morgan fingerprint density at radius 2 is 2.00 bits per heavy atom. The number of carbonyl (C=O) groups is 1. The lowest BCUT2D eigenvalue weighted by Crippen LogP contribution is -2.32. The van der Waals surface area contributed by atoms with E-state index >= 15 is 0 Å². The molecule has 1 rings (SSSR count). The molecule has 0 aromatic carbocycles. The molecule has 0 aliphatic heterocycles. The molecule has 0 spiro atoms. The summed E-state index contributed by atoms with van der Waals surface area (Å²) in [6, 6.07) is 0. The molecule has 1 atom stereocenters. The minimum absolute atomic E-state index is 0.231.